The molecular formula is C18H18O3. The van der Waals surface area contributed by atoms with Crippen molar-refractivity contribution < 1.29 is 14.2 Å². The smallest absolute Gasteiger partial charge is 0.146 e. The summed E-state index contributed by atoms with van der Waals surface area (Å²) in [5, 5.41) is 0. The monoisotopic (exact) mass is 282 g/mol. The van der Waals surface area contributed by atoms with Crippen LogP contribution < -0.4 is 0 Å². The van der Waals surface area contributed by atoms with E-state index in [0.717, 1.165) is 24.3 Å². The number of ether oxygens (including phenoxy) is 3. The van der Waals surface area contributed by atoms with Gasteiger partial charge in [-0.3, -0.25) is 0 Å². The summed E-state index contributed by atoms with van der Waals surface area (Å²) < 4.78 is 17.4. The Morgan fingerprint density at radius 2 is 1.38 bits per heavy atom. The molecule has 2 aliphatic rings. The topological polar surface area (TPSA) is 34.3 Å². The zero-order chi connectivity index (χ0) is 14.1. The summed E-state index contributed by atoms with van der Waals surface area (Å²) in [5.74, 6) is 0. The summed E-state index contributed by atoms with van der Waals surface area (Å²) >= 11 is 0. The Bertz CT molecular complexity index is 549. The van der Waals surface area contributed by atoms with Gasteiger partial charge in [-0.2, -0.15) is 0 Å². The van der Waals surface area contributed by atoms with E-state index in [1.54, 1.807) is 0 Å². The molecule has 0 spiro atoms. The first kappa shape index (κ1) is 13.0. The van der Waals surface area contributed by atoms with E-state index in [1.165, 1.54) is 0 Å². The quantitative estimate of drug-likeness (QED) is 0.764. The van der Waals surface area contributed by atoms with Crippen molar-refractivity contribution in [3.63, 3.8) is 0 Å². The van der Waals surface area contributed by atoms with E-state index in [4.69, 9.17) is 14.2 Å². The van der Waals surface area contributed by atoms with Crippen LogP contribution in [0.25, 0.3) is 0 Å². The molecule has 0 N–H and O–H groups in total. The number of hydrogen-bond acceptors (Lipinski definition) is 3. The first-order valence-electron chi connectivity index (χ1n) is 7.38. The average molecular weight is 282 g/mol. The second kappa shape index (κ2) is 5.26. The fourth-order valence-corrected chi connectivity index (χ4v) is 2.84. The van der Waals surface area contributed by atoms with Gasteiger partial charge in [-0.15, -0.1) is 0 Å². The highest BCUT2D eigenvalue weighted by molar-refractivity contribution is 5.39. The van der Waals surface area contributed by atoms with E-state index in [9.17, 15) is 0 Å². The maximum atomic E-state index is 6.40. The molecule has 2 aliphatic heterocycles. The van der Waals surface area contributed by atoms with Crippen LogP contribution in [0.1, 0.15) is 11.1 Å². The molecule has 108 valence electrons. The molecule has 2 saturated heterocycles. The van der Waals surface area contributed by atoms with Crippen LogP contribution in [0.15, 0.2) is 60.7 Å². The van der Waals surface area contributed by atoms with Gasteiger partial charge >= 0.3 is 0 Å². The fourth-order valence-electron chi connectivity index (χ4n) is 2.84. The number of benzene rings is 2. The van der Waals surface area contributed by atoms with Crippen LogP contribution in [0.4, 0.5) is 0 Å². The molecule has 0 amide bonds. The van der Waals surface area contributed by atoms with Gasteiger partial charge in [0.05, 0.1) is 19.8 Å². The van der Waals surface area contributed by atoms with Crippen molar-refractivity contribution in [2.24, 2.45) is 0 Å². The lowest BCUT2D eigenvalue weighted by molar-refractivity contribution is -0.0440. The molecule has 0 saturated carbocycles. The first-order chi connectivity index (χ1) is 10.4. The maximum absolute atomic E-state index is 6.40. The summed E-state index contributed by atoms with van der Waals surface area (Å²) in [6.07, 6.45) is 0.302. The standard InChI is InChI=1S/C18H18O3/c1-3-7-14(8-4-1)18(17-13-20-17,21-12-16-11-19-16)15-9-5-2-6-10-15/h1-10,16-17H,11-13H2. The van der Waals surface area contributed by atoms with Gasteiger partial charge in [0.2, 0.25) is 0 Å². The largest absolute Gasteiger partial charge is 0.371 e. The Morgan fingerprint density at radius 3 is 1.81 bits per heavy atom. The van der Waals surface area contributed by atoms with Gasteiger partial charge in [0.25, 0.3) is 0 Å². The van der Waals surface area contributed by atoms with Crippen LogP contribution in [0.3, 0.4) is 0 Å². The Kier molecular flexibility index (Phi) is 3.26. The fraction of sp³-hybridized carbons (Fsp3) is 0.333. The molecule has 21 heavy (non-hydrogen) atoms. The van der Waals surface area contributed by atoms with Crippen molar-refractivity contribution in [2.75, 3.05) is 19.8 Å². The Hall–Kier alpha value is -1.68. The van der Waals surface area contributed by atoms with Crippen LogP contribution in [-0.2, 0) is 19.8 Å². The minimum Gasteiger partial charge on any atom is -0.371 e. The first-order valence-corrected chi connectivity index (χ1v) is 7.38. The molecule has 0 radical (unpaired) electrons. The molecular weight excluding hydrogens is 264 g/mol. The molecule has 2 heterocycles. The van der Waals surface area contributed by atoms with Crippen LogP contribution in [0, 0.1) is 0 Å². The molecule has 2 unspecified atom stereocenters. The van der Waals surface area contributed by atoms with Gasteiger partial charge in [0.1, 0.15) is 17.8 Å². The molecule has 2 fully saturated rings. The minimum absolute atomic E-state index is 0.0704. The highest BCUT2D eigenvalue weighted by atomic mass is 16.6. The molecule has 3 heteroatoms. The minimum atomic E-state index is -0.533. The molecule has 4 rings (SSSR count). The number of rotatable bonds is 6. The molecule has 3 nitrogen and oxygen atoms in total. The third-order valence-electron chi connectivity index (χ3n) is 4.09. The summed E-state index contributed by atoms with van der Waals surface area (Å²) in [5.41, 5.74) is 1.74. The lowest BCUT2D eigenvalue weighted by Gasteiger charge is -2.33. The van der Waals surface area contributed by atoms with Crippen LogP contribution >= 0.6 is 0 Å². The predicted octanol–water partition coefficient (Wildman–Crippen LogP) is 2.74. The highest BCUT2D eigenvalue weighted by Gasteiger charge is 2.51. The van der Waals surface area contributed by atoms with Gasteiger partial charge in [-0.05, 0) is 11.1 Å². The third kappa shape index (κ3) is 2.48. The summed E-state index contributed by atoms with van der Waals surface area (Å²) in [4.78, 5) is 0. The molecule has 0 bridgehead atoms. The Morgan fingerprint density at radius 1 is 0.857 bits per heavy atom. The van der Waals surface area contributed by atoms with E-state index < -0.39 is 5.60 Å². The van der Waals surface area contributed by atoms with Crippen LogP contribution in [0.2, 0.25) is 0 Å². The van der Waals surface area contributed by atoms with Crippen LogP contribution in [0.5, 0.6) is 0 Å². The molecule has 0 aliphatic carbocycles. The van der Waals surface area contributed by atoms with E-state index >= 15 is 0 Å². The lowest BCUT2D eigenvalue weighted by Crippen LogP contribution is -2.38. The van der Waals surface area contributed by atoms with Gasteiger partial charge in [0.15, 0.2) is 0 Å². The van der Waals surface area contributed by atoms with Crippen molar-refractivity contribution in [3.05, 3.63) is 71.8 Å². The SMILES string of the molecule is c1ccc(C(OCC2CO2)(c2ccccc2)C2CO2)cc1. The second-order valence-corrected chi connectivity index (χ2v) is 5.56. The third-order valence-corrected chi connectivity index (χ3v) is 4.09. The van der Waals surface area contributed by atoms with E-state index in [0.29, 0.717) is 6.61 Å². The van der Waals surface area contributed by atoms with Gasteiger partial charge < -0.3 is 14.2 Å². The summed E-state index contributed by atoms with van der Waals surface area (Å²) in [6, 6.07) is 20.7. The van der Waals surface area contributed by atoms with Crippen molar-refractivity contribution in [1.82, 2.24) is 0 Å². The normalized spacial score (nSPS) is 23.8. The number of epoxide rings is 2. The van der Waals surface area contributed by atoms with E-state index in [2.05, 4.69) is 24.3 Å². The van der Waals surface area contributed by atoms with E-state index in [-0.39, 0.29) is 12.2 Å². The van der Waals surface area contributed by atoms with Gasteiger partial charge in [0, 0.05) is 0 Å². The number of hydrogen-bond donors (Lipinski definition) is 0. The van der Waals surface area contributed by atoms with E-state index in [1.807, 2.05) is 36.4 Å². The van der Waals surface area contributed by atoms with Crippen molar-refractivity contribution >= 4 is 0 Å². The van der Waals surface area contributed by atoms with Crippen molar-refractivity contribution in [3.8, 4) is 0 Å². The molecule has 0 aromatic heterocycles. The van der Waals surface area contributed by atoms with Gasteiger partial charge in [-0.25, -0.2) is 0 Å². The highest BCUT2D eigenvalue weighted by Crippen LogP contribution is 2.43. The van der Waals surface area contributed by atoms with Crippen molar-refractivity contribution in [1.29, 1.82) is 0 Å². The van der Waals surface area contributed by atoms with Crippen molar-refractivity contribution in [2.45, 2.75) is 17.8 Å². The molecule has 2 aromatic carbocycles. The molecule has 2 atom stereocenters. The average Bonchev–Trinajstić information content (AvgIpc) is 3.44. The molecule has 2 aromatic rings. The van der Waals surface area contributed by atoms with Crippen LogP contribution in [-0.4, -0.2) is 32.0 Å². The van der Waals surface area contributed by atoms with Gasteiger partial charge in [-0.1, -0.05) is 60.7 Å². The maximum Gasteiger partial charge on any atom is 0.146 e. The summed E-state index contributed by atoms with van der Waals surface area (Å²) in [6.45, 7) is 2.13. The lowest BCUT2D eigenvalue weighted by atomic mass is 9.83. The Balaban J connectivity index is 1.78. The zero-order valence-corrected chi connectivity index (χ0v) is 11.8. The Labute approximate surface area is 124 Å². The summed E-state index contributed by atoms with van der Waals surface area (Å²) in [7, 11) is 0. The predicted molar refractivity (Wildman–Crippen MR) is 79.1 cm³/mol. The second-order valence-electron chi connectivity index (χ2n) is 5.56. The zero-order valence-electron chi connectivity index (χ0n) is 11.8.